The maximum Gasteiger partial charge on any atom is 0.0704 e. The number of ether oxygens (including phenoxy) is 3. The van der Waals surface area contributed by atoms with E-state index >= 15 is 0 Å². The Bertz CT molecular complexity index is 133. The summed E-state index contributed by atoms with van der Waals surface area (Å²) >= 11 is 0. The number of methoxy groups -OCH3 is 1. The molecule has 0 aromatic rings. The molecule has 0 aromatic heterocycles. The van der Waals surface area contributed by atoms with Gasteiger partial charge in [-0.25, -0.2) is 0 Å². The van der Waals surface area contributed by atoms with E-state index in [4.69, 9.17) is 14.2 Å². The second kappa shape index (κ2) is 10.4. The first-order valence-electron chi connectivity index (χ1n) is 5.64. The minimum atomic E-state index is 0.218. The minimum Gasteiger partial charge on any atom is -0.382 e. The van der Waals surface area contributed by atoms with Crippen molar-refractivity contribution in [3.05, 3.63) is 0 Å². The van der Waals surface area contributed by atoms with Crippen molar-refractivity contribution in [1.29, 1.82) is 0 Å². The Kier molecular flexibility index (Phi) is 10.3. The number of hydrogen-bond acceptors (Lipinski definition) is 4. The minimum absolute atomic E-state index is 0.218. The zero-order valence-corrected chi connectivity index (χ0v) is 10.4. The molecule has 0 amide bonds. The van der Waals surface area contributed by atoms with Crippen LogP contribution >= 0.6 is 0 Å². The van der Waals surface area contributed by atoms with Gasteiger partial charge in [-0.1, -0.05) is 6.92 Å². The van der Waals surface area contributed by atoms with E-state index in [2.05, 4.69) is 26.1 Å². The van der Waals surface area contributed by atoms with Crippen LogP contribution in [0.4, 0.5) is 0 Å². The van der Waals surface area contributed by atoms with Gasteiger partial charge < -0.3 is 19.5 Å². The molecule has 92 valence electrons. The van der Waals surface area contributed by atoms with E-state index in [0.717, 1.165) is 6.54 Å². The Morgan fingerprint density at radius 2 is 1.73 bits per heavy atom. The van der Waals surface area contributed by atoms with Gasteiger partial charge >= 0.3 is 0 Å². The van der Waals surface area contributed by atoms with Gasteiger partial charge in [0.05, 0.1) is 32.5 Å². The molecule has 0 aromatic carbocycles. The Labute approximate surface area is 93.3 Å². The van der Waals surface area contributed by atoms with Crippen LogP contribution in [0.15, 0.2) is 0 Å². The molecule has 0 aliphatic carbocycles. The monoisotopic (exact) mass is 219 g/mol. The fourth-order valence-corrected chi connectivity index (χ4v) is 1.17. The van der Waals surface area contributed by atoms with Crippen molar-refractivity contribution in [2.75, 3.05) is 40.1 Å². The zero-order chi connectivity index (χ0) is 11.5. The summed E-state index contributed by atoms with van der Waals surface area (Å²) in [4.78, 5) is 0. The van der Waals surface area contributed by atoms with Gasteiger partial charge in [-0.15, -0.1) is 0 Å². The van der Waals surface area contributed by atoms with E-state index < -0.39 is 0 Å². The largest absolute Gasteiger partial charge is 0.382 e. The van der Waals surface area contributed by atoms with Gasteiger partial charge in [0, 0.05) is 13.2 Å². The second-order valence-corrected chi connectivity index (χ2v) is 3.53. The first-order chi connectivity index (χ1) is 7.22. The Hall–Kier alpha value is -0.160. The highest BCUT2D eigenvalue weighted by Crippen LogP contribution is 1.97. The fraction of sp³-hybridized carbons (Fsp3) is 1.00. The van der Waals surface area contributed by atoms with Crippen molar-refractivity contribution >= 4 is 0 Å². The summed E-state index contributed by atoms with van der Waals surface area (Å²) in [5.41, 5.74) is 0. The summed E-state index contributed by atoms with van der Waals surface area (Å²) in [5, 5.41) is 3.32. The molecule has 1 N–H and O–H groups in total. The Morgan fingerprint density at radius 3 is 2.33 bits per heavy atom. The third-order valence-corrected chi connectivity index (χ3v) is 2.27. The van der Waals surface area contributed by atoms with Crippen molar-refractivity contribution < 1.29 is 14.2 Å². The summed E-state index contributed by atoms with van der Waals surface area (Å²) in [7, 11) is 1.67. The molecule has 0 radical (unpaired) electrons. The summed E-state index contributed by atoms with van der Waals surface area (Å²) < 4.78 is 15.8. The molecular formula is C11H25NO3. The summed E-state index contributed by atoms with van der Waals surface area (Å²) in [6.45, 7) is 9.81. The molecule has 0 bridgehead atoms. The quantitative estimate of drug-likeness (QED) is 0.558. The lowest BCUT2D eigenvalue weighted by Crippen LogP contribution is -2.37. The summed E-state index contributed by atoms with van der Waals surface area (Å²) in [5.74, 6) is 0. The highest BCUT2D eigenvalue weighted by atomic mass is 16.5. The molecule has 2 atom stereocenters. The van der Waals surface area contributed by atoms with Gasteiger partial charge in [-0.05, 0) is 20.4 Å². The maximum atomic E-state index is 5.61. The van der Waals surface area contributed by atoms with Crippen molar-refractivity contribution in [2.24, 2.45) is 0 Å². The molecule has 0 heterocycles. The molecule has 4 nitrogen and oxygen atoms in total. The average Bonchev–Trinajstić information content (AvgIpc) is 2.23. The van der Waals surface area contributed by atoms with Gasteiger partial charge in [0.15, 0.2) is 0 Å². The number of nitrogens with one attached hydrogen (secondary N) is 1. The molecule has 4 heteroatoms. The van der Waals surface area contributed by atoms with Crippen molar-refractivity contribution in [1.82, 2.24) is 5.32 Å². The third kappa shape index (κ3) is 8.81. The van der Waals surface area contributed by atoms with Crippen LogP contribution in [-0.4, -0.2) is 52.2 Å². The van der Waals surface area contributed by atoms with Gasteiger partial charge in [0.2, 0.25) is 0 Å². The van der Waals surface area contributed by atoms with E-state index in [9.17, 15) is 0 Å². The number of likely N-dealkylation sites (N-methyl/N-ethyl adjacent to an activating group) is 1. The Morgan fingerprint density at radius 1 is 1.07 bits per heavy atom. The van der Waals surface area contributed by atoms with Crippen LogP contribution in [0.3, 0.4) is 0 Å². The van der Waals surface area contributed by atoms with Crippen LogP contribution in [0.2, 0.25) is 0 Å². The van der Waals surface area contributed by atoms with E-state index in [1.165, 1.54) is 0 Å². The first kappa shape index (κ1) is 14.8. The van der Waals surface area contributed by atoms with Crippen LogP contribution in [0.1, 0.15) is 20.8 Å². The van der Waals surface area contributed by atoms with E-state index in [1.807, 2.05) is 0 Å². The predicted molar refractivity (Wildman–Crippen MR) is 61.2 cm³/mol. The highest BCUT2D eigenvalue weighted by molar-refractivity contribution is 4.66. The molecule has 0 saturated heterocycles. The highest BCUT2D eigenvalue weighted by Gasteiger charge is 2.10. The molecule has 2 unspecified atom stereocenters. The predicted octanol–water partition coefficient (Wildman–Crippen LogP) is 1.05. The summed E-state index contributed by atoms with van der Waals surface area (Å²) in [6.07, 6.45) is 0.218. The molecule has 0 saturated carbocycles. The van der Waals surface area contributed by atoms with Crippen molar-refractivity contribution in [3.8, 4) is 0 Å². The topological polar surface area (TPSA) is 39.7 Å². The van der Waals surface area contributed by atoms with Gasteiger partial charge in [-0.3, -0.25) is 0 Å². The summed E-state index contributed by atoms with van der Waals surface area (Å²) in [6, 6.07) is 0.383. The zero-order valence-electron chi connectivity index (χ0n) is 10.4. The van der Waals surface area contributed by atoms with E-state index in [0.29, 0.717) is 32.5 Å². The van der Waals surface area contributed by atoms with Crippen LogP contribution in [0.5, 0.6) is 0 Å². The molecular weight excluding hydrogens is 194 g/mol. The fourth-order valence-electron chi connectivity index (χ4n) is 1.17. The smallest absolute Gasteiger partial charge is 0.0704 e. The van der Waals surface area contributed by atoms with E-state index in [1.54, 1.807) is 7.11 Å². The maximum absolute atomic E-state index is 5.61. The van der Waals surface area contributed by atoms with Gasteiger partial charge in [-0.2, -0.15) is 0 Å². The lowest BCUT2D eigenvalue weighted by molar-refractivity contribution is -0.0101. The first-order valence-corrected chi connectivity index (χ1v) is 5.64. The normalized spacial score (nSPS) is 15.2. The molecule has 0 aliphatic rings. The third-order valence-electron chi connectivity index (χ3n) is 2.27. The van der Waals surface area contributed by atoms with Crippen LogP contribution in [0.25, 0.3) is 0 Å². The number of rotatable bonds is 10. The van der Waals surface area contributed by atoms with Gasteiger partial charge in [0.1, 0.15) is 0 Å². The van der Waals surface area contributed by atoms with Crippen LogP contribution in [-0.2, 0) is 14.2 Å². The molecule has 0 rings (SSSR count). The Balaban J connectivity index is 3.26. The SMILES string of the molecule is CCNC(C)C(C)OCCOCCOC. The molecule has 0 fully saturated rings. The van der Waals surface area contributed by atoms with Gasteiger partial charge in [0.25, 0.3) is 0 Å². The number of hydrogen-bond donors (Lipinski definition) is 1. The molecule has 0 aliphatic heterocycles. The van der Waals surface area contributed by atoms with Crippen molar-refractivity contribution in [2.45, 2.75) is 32.9 Å². The standard InChI is InChI=1S/C11H25NO3/c1-5-12-10(2)11(3)15-9-8-14-7-6-13-4/h10-12H,5-9H2,1-4H3. The second-order valence-electron chi connectivity index (χ2n) is 3.53. The lowest BCUT2D eigenvalue weighted by atomic mass is 10.2. The van der Waals surface area contributed by atoms with Crippen LogP contribution in [0, 0.1) is 0 Å². The molecule has 0 spiro atoms. The van der Waals surface area contributed by atoms with Crippen LogP contribution < -0.4 is 5.32 Å². The molecule has 15 heavy (non-hydrogen) atoms. The average molecular weight is 219 g/mol. The van der Waals surface area contributed by atoms with E-state index in [-0.39, 0.29) is 6.10 Å². The lowest BCUT2D eigenvalue weighted by Gasteiger charge is -2.21. The van der Waals surface area contributed by atoms with Crippen molar-refractivity contribution in [3.63, 3.8) is 0 Å².